The molecule has 128 valence electrons. The molecule has 1 amide bonds. The van der Waals surface area contributed by atoms with Crippen LogP contribution in [0.5, 0.6) is 5.75 Å². The summed E-state index contributed by atoms with van der Waals surface area (Å²) in [6.45, 7) is -0.207. The van der Waals surface area contributed by atoms with E-state index in [4.69, 9.17) is 16.3 Å². The number of carbonyl (C=O) groups excluding carboxylic acids is 1. The monoisotopic (exact) mass is 380 g/mol. The van der Waals surface area contributed by atoms with Gasteiger partial charge in [-0.25, -0.2) is 13.8 Å². The van der Waals surface area contributed by atoms with Gasteiger partial charge in [0.2, 0.25) is 0 Å². The number of rotatable bonds is 5. The normalized spacial score (nSPS) is 10.5. The Morgan fingerprint density at radius 2 is 1.96 bits per heavy atom. The maximum atomic E-state index is 13.8. The first kappa shape index (κ1) is 17.3. The molecule has 0 aliphatic heterocycles. The number of benzene rings is 2. The Bertz CT molecular complexity index is 900. The molecule has 0 atom stereocenters. The van der Waals surface area contributed by atoms with Gasteiger partial charge in [-0.1, -0.05) is 11.6 Å². The number of thiazole rings is 1. The summed E-state index contributed by atoms with van der Waals surface area (Å²) in [5.41, 5.74) is 0.479. The fraction of sp³-hybridized carbons (Fsp3) is 0.0588. The summed E-state index contributed by atoms with van der Waals surface area (Å²) in [5, 5.41) is 5.01. The van der Waals surface area contributed by atoms with Gasteiger partial charge >= 0.3 is 0 Å². The summed E-state index contributed by atoms with van der Waals surface area (Å²) < 4.78 is 32.0. The molecule has 3 aromatic rings. The van der Waals surface area contributed by atoms with E-state index in [1.807, 2.05) is 0 Å². The number of hydrogen-bond donors (Lipinski definition) is 1. The lowest BCUT2D eigenvalue weighted by Gasteiger charge is -2.05. The van der Waals surface area contributed by atoms with Gasteiger partial charge in [0.25, 0.3) is 5.91 Å². The van der Waals surface area contributed by atoms with Crippen molar-refractivity contribution in [1.29, 1.82) is 0 Å². The molecule has 0 fully saturated rings. The predicted molar refractivity (Wildman–Crippen MR) is 93.0 cm³/mol. The van der Waals surface area contributed by atoms with Crippen molar-refractivity contribution < 1.29 is 18.3 Å². The highest BCUT2D eigenvalue weighted by atomic mass is 35.5. The average molecular weight is 381 g/mol. The smallest absolute Gasteiger partial charge is 0.264 e. The highest BCUT2D eigenvalue weighted by molar-refractivity contribution is 7.14. The molecule has 0 aliphatic carbocycles. The second-order valence-electron chi connectivity index (χ2n) is 4.95. The zero-order chi connectivity index (χ0) is 17.8. The average Bonchev–Trinajstić information content (AvgIpc) is 3.02. The quantitative estimate of drug-likeness (QED) is 0.694. The zero-order valence-electron chi connectivity index (χ0n) is 12.6. The van der Waals surface area contributed by atoms with E-state index in [0.717, 1.165) is 23.5 Å². The number of halogens is 3. The van der Waals surface area contributed by atoms with Crippen molar-refractivity contribution in [3.8, 4) is 17.0 Å². The Kier molecular flexibility index (Phi) is 5.25. The maximum Gasteiger partial charge on any atom is 0.264 e. The lowest BCUT2D eigenvalue weighted by atomic mass is 10.1. The van der Waals surface area contributed by atoms with Crippen LogP contribution in [-0.4, -0.2) is 17.5 Å². The van der Waals surface area contributed by atoms with Crippen molar-refractivity contribution >= 4 is 34.0 Å². The standard InChI is InChI=1S/C17H11ClF2N2O2S/c18-10-1-4-12(5-2-10)24-8-16(23)22-17-21-15(9-25-17)13-6-3-11(19)7-14(13)20/h1-7,9H,8H2,(H,21,22,23). The fourth-order valence-electron chi connectivity index (χ4n) is 1.99. The summed E-state index contributed by atoms with van der Waals surface area (Å²) in [6.07, 6.45) is 0. The van der Waals surface area contributed by atoms with Gasteiger partial charge in [-0.2, -0.15) is 0 Å². The second-order valence-corrected chi connectivity index (χ2v) is 6.25. The summed E-state index contributed by atoms with van der Waals surface area (Å²) in [5.74, 6) is -1.28. The minimum Gasteiger partial charge on any atom is -0.484 e. The molecule has 1 heterocycles. The van der Waals surface area contributed by atoms with Gasteiger partial charge in [0.05, 0.1) is 5.69 Å². The van der Waals surface area contributed by atoms with Crippen LogP contribution < -0.4 is 10.1 Å². The molecule has 4 nitrogen and oxygen atoms in total. The van der Waals surface area contributed by atoms with E-state index in [2.05, 4.69) is 10.3 Å². The van der Waals surface area contributed by atoms with E-state index in [-0.39, 0.29) is 12.2 Å². The van der Waals surface area contributed by atoms with E-state index < -0.39 is 17.5 Å². The number of ether oxygens (including phenoxy) is 1. The van der Waals surface area contributed by atoms with Gasteiger partial charge in [0, 0.05) is 22.0 Å². The number of amides is 1. The second kappa shape index (κ2) is 7.58. The van der Waals surface area contributed by atoms with Gasteiger partial charge in [-0.15, -0.1) is 11.3 Å². The van der Waals surface area contributed by atoms with Gasteiger partial charge in [-0.3, -0.25) is 10.1 Å². The molecule has 0 unspecified atom stereocenters. The molecule has 1 aromatic heterocycles. The van der Waals surface area contributed by atoms with Crippen LogP contribution in [0.25, 0.3) is 11.3 Å². The summed E-state index contributed by atoms with van der Waals surface area (Å²) >= 11 is 6.90. The lowest BCUT2D eigenvalue weighted by molar-refractivity contribution is -0.118. The van der Waals surface area contributed by atoms with E-state index in [1.54, 1.807) is 29.6 Å². The van der Waals surface area contributed by atoms with Crippen LogP contribution >= 0.6 is 22.9 Å². The van der Waals surface area contributed by atoms with Gasteiger partial charge < -0.3 is 4.74 Å². The Morgan fingerprint density at radius 3 is 2.68 bits per heavy atom. The molecule has 0 radical (unpaired) electrons. The van der Waals surface area contributed by atoms with E-state index in [0.29, 0.717) is 21.6 Å². The van der Waals surface area contributed by atoms with E-state index >= 15 is 0 Å². The first-order valence-electron chi connectivity index (χ1n) is 7.10. The number of carbonyl (C=O) groups is 1. The molecule has 3 rings (SSSR count). The van der Waals surface area contributed by atoms with E-state index in [1.165, 1.54) is 6.07 Å². The first-order valence-corrected chi connectivity index (χ1v) is 8.36. The van der Waals surface area contributed by atoms with Crippen LogP contribution in [0.2, 0.25) is 5.02 Å². The van der Waals surface area contributed by atoms with Crippen LogP contribution in [0.4, 0.5) is 13.9 Å². The molecule has 0 aliphatic rings. The number of nitrogens with one attached hydrogen (secondary N) is 1. The van der Waals surface area contributed by atoms with Crippen molar-refractivity contribution in [2.24, 2.45) is 0 Å². The minimum absolute atomic E-state index is 0.163. The molecule has 0 bridgehead atoms. The van der Waals surface area contributed by atoms with Crippen LogP contribution in [0.1, 0.15) is 0 Å². The summed E-state index contributed by atoms with van der Waals surface area (Å²) in [6, 6.07) is 9.83. The van der Waals surface area contributed by atoms with Crippen molar-refractivity contribution in [1.82, 2.24) is 4.98 Å². The molecular formula is C17H11ClF2N2O2S. The van der Waals surface area contributed by atoms with Gasteiger partial charge in [-0.05, 0) is 36.4 Å². The van der Waals surface area contributed by atoms with Gasteiger partial charge in [0.15, 0.2) is 11.7 Å². The molecule has 1 N–H and O–H groups in total. The number of anilines is 1. The summed E-state index contributed by atoms with van der Waals surface area (Å²) in [7, 11) is 0. The van der Waals surface area contributed by atoms with Crippen molar-refractivity contribution in [2.45, 2.75) is 0 Å². The van der Waals surface area contributed by atoms with Crippen molar-refractivity contribution in [3.05, 3.63) is 64.5 Å². The van der Waals surface area contributed by atoms with Crippen molar-refractivity contribution in [3.63, 3.8) is 0 Å². The Hall–Kier alpha value is -2.51. The SMILES string of the molecule is O=C(COc1ccc(Cl)cc1)Nc1nc(-c2ccc(F)cc2F)cs1. The minimum atomic E-state index is -0.714. The van der Waals surface area contributed by atoms with Crippen LogP contribution in [-0.2, 0) is 4.79 Å². The molecule has 2 aromatic carbocycles. The third kappa shape index (κ3) is 4.52. The molecule has 8 heteroatoms. The maximum absolute atomic E-state index is 13.8. The number of hydrogen-bond acceptors (Lipinski definition) is 4. The number of aromatic nitrogens is 1. The predicted octanol–water partition coefficient (Wildman–Crippen LogP) is 4.76. The van der Waals surface area contributed by atoms with Gasteiger partial charge in [0.1, 0.15) is 17.4 Å². The molecule has 0 saturated heterocycles. The molecule has 25 heavy (non-hydrogen) atoms. The van der Waals surface area contributed by atoms with Crippen LogP contribution in [0.15, 0.2) is 47.8 Å². The molecule has 0 saturated carbocycles. The third-order valence-corrected chi connectivity index (χ3v) is 4.15. The fourth-order valence-corrected chi connectivity index (χ4v) is 2.84. The highest BCUT2D eigenvalue weighted by Crippen LogP contribution is 2.27. The highest BCUT2D eigenvalue weighted by Gasteiger charge is 2.12. The Labute approximate surface area is 151 Å². The largest absolute Gasteiger partial charge is 0.484 e. The summed E-state index contributed by atoms with van der Waals surface area (Å²) in [4.78, 5) is 16.0. The Balaban J connectivity index is 1.60. The Morgan fingerprint density at radius 1 is 1.20 bits per heavy atom. The van der Waals surface area contributed by atoms with Crippen LogP contribution in [0, 0.1) is 11.6 Å². The first-order chi connectivity index (χ1) is 12.0. The number of nitrogens with zero attached hydrogens (tertiary/aromatic N) is 1. The van der Waals surface area contributed by atoms with E-state index in [9.17, 15) is 13.6 Å². The topological polar surface area (TPSA) is 51.2 Å². The molecular weight excluding hydrogens is 370 g/mol. The lowest BCUT2D eigenvalue weighted by Crippen LogP contribution is -2.20. The zero-order valence-corrected chi connectivity index (χ0v) is 14.2. The third-order valence-electron chi connectivity index (χ3n) is 3.14. The van der Waals surface area contributed by atoms with Crippen LogP contribution in [0.3, 0.4) is 0 Å². The molecule has 0 spiro atoms. The van der Waals surface area contributed by atoms with Crippen molar-refractivity contribution in [2.75, 3.05) is 11.9 Å².